The van der Waals surface area contributed by atoms with Crippen molar-refractivity contribution in [2.45, 2.75) is 11.8 Å². The molecule has 0 aliphatic rings. The topological polar surface area (TPSA) is 127 Å². The number of anilines is 2. The van der Waals surface area contributed by atoms with E-state index in [2.05, 4.69) is 14.7 Å². The fraction of sp³-hybridized carbons (Fsp3) is 0.167. The molecule has 0 aliphatic carbocycles. The number of sulfonamides is 1. The molecule has 9 heteroatoms. The van der Waals surface area contributed by atoms with Gasteiger partial charge in [0.1, 0.15) is 5.75 Å². The molecule has 0 saturated heterocycles. The number of nitrogens with zero attached hydrogens (tertiary/aromatic N) is 2. The molecule has 112 valence electrons. The number of benzene rings is 1. The number of aromatic nitrogens is 2. The Morgan fingerprint density at radius 2 is 2.00 bits per heavy atom. The first-order chi connectivity index (χ1) is 9.81. The number of nitrogens with two attached hydrogens (primary N) is 1. The maximum atomic E-state index is 12.2. The van der Waals surface area contributed by atoms with Gasteiger partial charge < -0.3 is 15.6 Å². The van der Waals surface area contributed by atoms with E-state index in [1.54, 1.807) is 13.0 Å². The number of methoxy groups -OCH3 is 1. The molecule has 0 spiro atoms. The third kappa shape index (κ3) is 3.31. The number of hydrogen-bond acceptors (Lipinski definition) is 7. The molecule has 1 aromatic carbocycles. The molecule has 0 aliphatic heterocycles. The van der Waals surface area contributed by atoms with Gasteiger partial charge in [0.05, 0.1) is 17.7 Å². The smallest absolute Gasteiger partial charge is 0.264 e. The van der Waals surface area contributed by atoms with Crippen molar-refractivity contribution in [2.24, 2.45) is 0 Å². The molecule has 0 unspecified atom stereocenters. The van der Waals surface area contributed by atoms with Gasteiger partial charge in [-0.05, 0) is 25.1 Å². The Morgan fingerprint density at radius 3 is 2.62 bits per heavy atom. The van der Waals surface area contributed by atoms with Crippen molar-refractivity contribution in [3.63, 3.8) is 0 Å². The summed E-state index contributed by atoms with van der Waals surface area (Å²) in [5.74, 6) is -0.0636. The van der Waals surface area contributed by atoms with Crippen molar-refractivity contribution in [1.29, 1.82) is 0 Å². The van der Waals surface area contributed by atoms with Crippen LogP contribution < -0.4 is 15.2 Å². The van der Waals surface area contributed by atoms with E-state index in [1.165, 1.54) is 19.2 Å². The predicted octanol–water partition coefficient (Wildman–Crippen LogP) is 0.882. The van der Waals surface area contributed by atoms with Gasteiger partial charge in [-0.15, -0.1) is 0 Å². The molecule has 1 heterocycles. The SMILES string of the molecule is COc1cc(C)nc(NS(=O)(=O)c2ccc(O)c(N)c2)n1. The molecular formula is C12H14N4O4S. The van der Waals surface area contributed by atoms with Gasteiger partial charge in [-0.2, -0.15) is 4.98 Å². The zero-order valence-electron chi connectivity index (χ0n) is 11.4. The van der Waals surface area contributed by atoms with Crippen LogP contribution in [-0.2, 0) is 10.0 Å². The molecular weight excluding hydrogens is 296 g/mol. The van der Waals surface area contributed by atoms with E-state index in [-0.39, 0.29) is 28.2 Å². The first kappa shape index (κ1) is 14.9. The third-order valence-corrected chi connectivity index (χ3v) is 3.90. The molecule has 21 heavy (non-hydrogen) atoms. The number of hydrogen-bond donors (Lipinski definition) is 3. The van der Waals surface area contributed by atoms with E-state index in [0.717, 1.165) is 6.07 Å². The Bertz CT molecular complexity index is 777. The van der Waals surface area contributed by atoms with Gasteiger partial charge in [0, 0.05) is 11.8 Å². The number of aromatic hydroxyl groups is 1. The van der Waals surface area contributed by atoms with Crippen LogP contribution in [0.2, 0.25) is 0 Å². The molecule has 1 aromatic heterocycles. The summed E-state index contributed by atoms with van der Waals surface area (Å²) in [4.78, 5) is 7.76. The summed E-state index contributed by atoms with van der Waals surface area (Å²) in [6.45, 7) is 1.68. The summed E-state index contributed by atoms with van der Waals surface area (Å²) in [6.07, 6.45) is 0. The minimum Gasteiger partial charge on any atom is -0.506 e. The quantitative estimate of drug-likeness (QED) is 0.565. The molecule has 4 N–H and O–H groups in total. The van der Waals surface area contributed by atoms with E-state index in [0.29, 0.717) is 5.69 Å². The lowest BCUT2D eigenvalue weighted by atomic mass is 10.3. The predicted molar refractivity (Wildman–Crippen MR) is 76.6 cm³/mol. The number of rotatable bonds is 4. The lowest BCUT2D eigenvalue weighted by Crippen LogP contribution is -2.15. The van der Waals surface area contributed by atoms with Crippen molar-refractivity contribution in [3.05, 3.63) is 30.0 Å². The highest BCUT2D eigenvalue weighted by molar-refractivity contribution is 7.92. The van der Waals surface area contributed by atoms with Crippen LogP contribution in [0.1, 0.15) is 5.69 Å². The summed E-state index contributed by atoms with van der Waals surface area (Å²) in [6, 6.07) is 5.13. The summed E-state index contributed by atoms with van der Waals surface area (Å²) in [5.41, 5.74) is 5.99. The van der Waals surface area contributed by atoms with Crippen LogP contribution >= 0.6 is 0 Å². The standard InChI is InChI=1S/C12H14N4O4S/c1-7-5-11(20-2)15-12(14-7)16-21(18,19)8-3-4-10(17)9(13)6-8/h3-6,17H,13H2,1-2H3,(H,14,15,16). The minimum atomic E-state index is -3.92. The fourth-order valence-corrected chi connectivity index (χ4v) is 2.55. The van der Waals surface area contributed by atoms with E-state index in [4.69, 9.17) is 10.5 Å². The summed E-state index contributed by atoms with van der Waals surface area (Å²) in [7, 11) is -2.50. The van der Waals surface area contributed by atoms with Crippen LogP contribution in [0.5, 0.6) is 11.6 Å². The fourth-order valence-electron chi connectivity index (χ4n) is 1.57. The molecule has 8 nitrogen and oxygen atoms in total. The van der Waals surface area contributed by atoms with Crippen molar-refractivity contribution >= 4 is 21.7 Å². The van der Waals surface area contributed by atoms with Crippen LogP contribution in [0.25, 0.3) is 0 Å². The highest BCUT2D eigenvalue weighted by Gasteiger charge is 2.17. The second kappa shape index (κ2) is 5.44. The van der Waals surface area contributed by atoms with Crippen molar-refractivity contribution in [3.8, 4) is 11.6 Å². The van der Waals surface area contributed by atoms with Crippen LogP contribution in [0.4, 0.5) is 11.6 Å². The molecule has 0 radical (unpaired) electrons. The first-order valence-corrected chi connectivity index (χ1v) is 7.31. The third-order valence-electron chi connectivity index (χ3n) is 2.57. The molecule has 2 rings (SSSR count). The Hall–Kier alpha value is -2.55. The molecule has 0 amide bonds. The maximum absolute atomic E-state index is 12.2. The van der Waals surface area contributed by atoms with Crippen LogP contribution in [0.15, 0.2) is 29.2 Å². The number of nitrogen functional groups attached to an aromatic ring is 1. The van der Waals surface area contributed by atoms with Gasteiger partial charge >= 0.3 is 0 Å². The molecule has 0 saturated carbocycles. The van der Waals surface area contributed by atoms with Crippen molar-refractivity contribution < 1.29 is 18.3 Å². The van der Waals surface area contributed by atoms with Gasteiger partial charge in [0.2, 0.25) is 11.8 Å². The van der Waals surface area contributed by atoms with Gasteiger partial charge in [-0.1, -0.05) is 0 Å². The summed E-state index contributed by atoms with van der Waals surface area (Å²) >= 11 is 0. The number of phenolic OH excluding ortho intramolecular Hbond substituents is 1. The Labute approximate surface area is 121 Å². The number of nitrogens with one attached hydrogen (secondary N) is 1. The van der Waals surface area contributed by atoms with E-state index in [9.17, 15) is 13.5 Å². The molecule has 0 fully saturated rings. The van der Waals surface area contributed by atoms with Gasteiger partial charge in [0.25, 0.3) is 10.0 Å². The van der Waals surface area contributed by atoms with Crippen molar-refractivity contribution in [2.75, 3.05) is 17.6 Å². The van der Waals surface area contributed by atoms with Gasteiger partial charge in [-0.25, -0.2) is 18.1 Å². The lowest BCUT2D eigenvalue weighted by molar-refractivity contribution is 0.397. The average molecular weight is 310 g/mol. The summed E-state index contributed by atoms with van der Waals surface area (Å²) in [5, 5.41) is 9.32. The highest BCUT2D eigenvalue weighted by atomic mass is 32.2. The lowest BCUT2D eigenvalue weighted by Gasteiger charge is -2.09. The number of ether oxygens (including phenoxy) is 1. The second-order valence-electron chi connectivity index (χ2n) is 4.20. The second-order valence-corrected chi connectivity index (χ2v) is 5.88. The van der Waals surface area contributed by atoms with Crippen LogP contribution in [-0.4, -0.2) is 30.6 Å². The van der Waals surface area contributed by atoms with Crippen LogP contribution in [0.3, 0.4) is 0 Å². The van der Waals surface area contributed by atoms with E-state index >= 15 is 0 Å². The van der Waals surface area contributed by atoms with Gasteiger partial charge in [-0.3, -0.25) is 0 Å². The Morgan fingerprint density at radius 1 is 1.29 bits per heavy atom. The Balaban J connectivity index is 2.37. The van der Waals surface area contributed by atoms with Crippen LogP contribution in [0, 0.1) is 6.92 Å². The largest absolute Gasteiger partial charge is 0.506 e. The normalized spacial score (nSPS) is 11.1. The average Bonchev–Trinajstić information content (AvgIpc) is 2.40. The Kier molecular flexibility index (Phi) is 3.85. The molecule has 0 atom stereocenters. The maximum Gasteiger partial charge on any atom is 0.264 e. The minimum absolute atomic E-state index is 0.0411. The first-order valence-electron chi connectivity index (χ1n) is 5.83. The monoisotopic (exact) mass is 310 g/mol. The number of aryl methyl sites for hydroxylation is 1. The highest BCUT2D eigenvalue weighted by Crippen LogP contribution is 2.24. The van der Waals surface area contributed by atoms with Crippen molar-refractivity contribution in [1.82, 2.24) is 9.97 Å². The zero-order valence-corrected chi connectivity index (χ0v) is 12.2. The summed E-state index contributed by atoms with van der Waals surface area (Å²) < 4.78 is 31.6. The zero-order chi connectivity index (χ0) is 15.6. The van der Waals surface area contributed by atoms with Gasteiger partial charge in [0.15, 0.2) is 0 Å². The molecule has 2 aromatic rings. The van der Waals surface area contributed by atoms with E-state index < -0.39 is 10.0 Å². The number of phenols is 1. The van der Waals surface area contributed by atoms with E-state index in [1.807, 2.05) is 0 Å². The molecule has 0 bridgehead atoms.